The number of halogens is 1. The molecule has 1 unspecified atom stereocenters. The molecule has 4 rings (SSSR count). The quantitative estimate of drug-likeness (QED) is 0.737. The van der Waals surface area contributed by atoms with E-state index in [1.54, 1.807) is 23.5 Å². The Hall–Kier alpha value is -2.27. The molecule has 1 N–H and O–H groups in total. The predicted octanol–water partition coefficient (Wildman–Crippen LogP) is 4.03. The minimum absolute atomic E-state index is 0.0549. The van der Waals surface area contributed by atoms with Gasteiger partial charge in [0, 0.05) is 37.6 Å². The molecule has 5 nitrogen and oxygen atoms in total. The fourth-order valence-electron chi connectivity index (χ4n) is 4.58. The summed E-state index contributed by atoms with van der Waals surface area (Å²) < 4.78 is 13.4. The Bertz CT molecular complexity index is 974. The summed E-state index contributed by atoms with van der Waals surface area (Å²) in [6.45, 7) is 6.56. The van der Waals surface area contributed by atoms with Crippen molar-refractivity contribution in [1.29, 1.82) is 5.26 Å². The Morgan fingerprint density at radius 2 is 2.06 bits per heavy atom. The highest BCUT2D eigenvalue weighted by atomic mass is 32.1. The van der Waals surface area contributed by atoms with Crippen molar-refractivity contribution in [3.63, 3.8) is 0 Å². The van der Waals surface area contributed by atoms with Gasteiger partial charge in [-0.2, -0.15) is 5.26 Å². The molecule has 0 spiro atoms. The van der Waals surface area contributed by atoms with E-state index in [1.807, 2.05) is 6.07 Å². The highest BCUT2D eigenvalue weighted by molar-refractivity contribution is 7.16. The second-order valence-electron chi connectivity index (χ2n) is 8.57. The summed E-state index contributed by atoms with van der Waals surface area (Å²) in [6, 6.07) is 9.05. The van der Waals surface area contributed by atoms with Crippen molar-refractivity contribution in [3.8, 4) is 6.07 Å². The molecule has 0 bridgehead atoms. The van der Waals surface area contributed by atoms with Crippen LogP contribution in [0.1, 0.15) is 41.3 Å². The molecule has 0 saturated carbocycles. The lowest BCUT2D eigenvalue weighted by Gasteiger charge is -2.34. The van der Waals surface area contributed by atoms with E-state index in [1.165, 1.54) is 10.9 Å². The number of hydrogen-bond acceptors (Lipinski definition) is 5. The molecule has 1 aromatic heterocycles. The number of nitriles is 1. The molecule has 0 radical (unpaired) electrons. The van der Waals surface area contributed by atoms with E-state index < -0.39 is 0 Å². The Balaban J connectivity index is 1.29. The Labute approximate surface area is 187 Å². The fourth-order valence-corrected chi connectivity index (χ4v) is 5.91. The summed E-state index contributed by atoms with van der Waals surface area (Å²) in [7, 11) is 0. The van der Waals surface area contributed by atoms with E-state index in [9.17, 15) is 14.4 Å². The van der Waals surface area contributed by atoms with Crippen LogP contribution in [0.2, 0.25) is 0 Å². The van der Waals surface area contributed by atoms with Gasteiger partial charge in [0.2, 0.25) is 5.91 Å². The van der Waals surface area contributed by atoms with Crippen molar-refractivity contribution < 1.29 is 9.18 Å². The Morgan fingerprint density at radius 3 is 2.77 bits per heavy atom. The topological polar surface area (TPSA) is 59.4 Å². The number of nitrogens with one attached hydrogen (secondary N) is 1. The molecule has 1 amide bonds. The molecule has 1 saturated heterocycles. The van der Waals surface area contributed by atoms with Crippen LogP contribution in [0.15, 0.2) is 24.3 Å². The third-order valence-corrected chi connectivity index (χ3v) is 7.61. The second kappa shape index (κ2) is 9.90. The molecule has 2 aliphatic rings. The standard InChI is InChI=1S/C24H29FN4OS/c1-2-17-6-7-20-21(14-26)24(31-22(20)13-17)27-23(30)16-29-10-8-28(9-11-29)15-18-4-3-5-19(25)12-18/h3-5,12,17H,2,6-11,13,15-16H2,1H3,(H,27,30). The molecule has 164 valence electrons. The number of piperazine rings is 1. The van der Waals surface area contributed by atoms with Crippen LogP contribution in [0, 0.1) is 23.1 Å². The van der Waals surface area contributed by atoms with Crippen molar-refractivity contribution in [2.75, 3.05) is 38.0 Å². The summed E-state index contributed by atoms with van der Waals surface area (Å²) in [5.74, 6) is 0.427. The van der Waals surface area contributed by atoms with E-state index >= 15 is 0 Å². The fraction of sp³-hybridized carbons (Fsp3) is 0.500. The van der Waals surface area contributed by atoms with Crippen LogP contribution < -0.4 is 5.32 Å². The van der Waals surface area contributed by atoms with E-state index in [-0.39, 0.29) is 11.7 Å². The molecule has 1 aliphatic heterocycles. The van der Waals surface area contributed by atoms with Crippen LogP contribution in [0.3, 0.4) is 0 Å². The first-order chi connectivity index (χ1) is 15.1. The lowest BCUT2D eigenvalue weighted by atomic mass is 9.86. The number of benzene rings is 1. The van der Waals surface area contributed by atoms with Crippen LogP contribution >= 0.6 is 11.3 Å². The molecular formula is C24H29FN4OS. The zero-order valence-corrected chi connectivity index (χ0v) is 18.8. The normalized spacial score (nSPS) is 19.6. The van der Waals surface area contributed by atoms with Gasteiger partial charge in [-0.1, -0.05) is 25.5 Å². The number of fused-ring (bicyclic) bond motifs is 1. The second-order valence-corrected chi connectivity index (χ2v) is 9.67. The number of anilines is 1. The highest BCUT2D eigenvalue weighted by Crippen LogP contribution is 2.39. The van der Waals surface area contributed by atoms with E-state index in [2.05, 4.69) is 28.1 Å². The number of carbonyl (C=O) groups is 1. The van der Waals surface area contributed by atoms with Crippen LogP contribution in [-0.2, 0) is 24.2 Å². The molecule has 7 heteroatoms. The molecular weight excluding hydrogens is 411 g/mol. The van der Waals surface area contributed by atoms with Gasteiger partial charge in [0.1, 0.15) is 16.9 Å². The summed E-state index contributed by atoms with van der Waals surface area (Å²) in [4.78, 5) is 18.4. The molecule has 1 aliphatic carbocycles. The van der Waals surface area contributed by atoms with Crippen LogP contribution in [0.25, 0.3) is 0 Å². The van der Waals surface area contributed by atoms with E-state index in [4.69, 9.17) is 0 Å². The third-order valence-electron chi connectivity index (χ3n) is 6.44. The maximum Gasteiger partial charge on any atom is 0.239 e. The van der Waals surface area contributed by atoms with E-state index in [0.29, 0.717) is 18.0 Å². The summed E-state index contributed by atoms with van der Waals surface area (Å²) in [5, 5.41) is 13.4. The van der Waals surface area contributed by atoms with Gasteiger partial charge >= 0.3 is 0 Å². The number of amides is 1. The zero-order chi connectivity index (χ0) is 21.8. The number of rotatable bonds is 6. The number of thiophene rings is 1. The van der Waals surface area contributed by atoms with Crippen molar-refractivity contribution >= 4 is 22.2 Å². The molecule has 31 heavy (non-hydrogen) atoms. The summed E-state index contributed by atoms with van der Waals surface area (Å²) >= 11 is 1.59. The molecule has 1 fully saturated rings. The summed E-state index contributed by atoms with van der Waals surface area (Å²) in [6.07, 6.45) is 4.25. The molecule has 1 atom stereocenters. The average Bonchev–Trinajstić information content (AvgIpc) is 3.10. The van der Waals surface area contributed by atoms with Gasteiger partial charge in [-0.15, -0.1) is 11.3 Å². The minimum Gasteiger partial charge on any atom is -0.315 e. The van der Waals surface area contributed by atoms with Crippen molar-refractivity contribution in [3.05, 3.63) is 51.7 Å². The number of carbonyl (C=O) groups excluding carboxylic acids is 1. The minimum atomic E-state index is -0.204. The number of nitrogens with zero attached hydrogens (tertiary/aromatic N) is 3. The average molecular weight is 441 g/mol. The first-order valence-electron chi connectivity index (χ1n) is 11.1. The first kappa shape index (κ1) is 21.9. The van der Waals surface area contributed by atoms with Gasteiger partial charge in [0.05, 0.1) is 12.1 Å². The predicted molar refractivity (Wildman–Crippen MR) is 122 cm³/mol. The largest absolute Gasteiger partial charge is 0.315 e. The Kier molecular flexibility index (Phi) is 7.01. The van der Waals surface area contributed by atoms with Gasteiger partial charge in [0.15, 0.2) is 0 Å². The van der Waals surface area contributed by atoms with Gasteiger partial charge in [-0.3, -0.25) is 14.6 Å². The summed E-state index contributed by atoms with van der Waals surface area (Å²) in [5.41, 5.74) is 2.79. The maximum atomic E-state index is 13.4. The number of hydrogen-bond donors (Lipinski definition) is 1. The lowest BCUT2D eigenvalue weighted by molar-refractivity contribution is -0.117. The molecule has 2 heterocycles. The van der Waals surface area contributed by atoms with Gasteiger partial charge in [-0.05, 0) is 48.4 Å². The highest BCUT2D eigenvalue weighted by Gasteiger charge is 2.26. The van der Waals surface area contributed by atoms with Crippen LogP contribution in [-0.4, -0.2) is 48.4 Å². The van der Waals surface area contributed by atoms with Crippen LogP contribution in [0.4, 0.5) is 9.39 Å². The SMILES string of the molecule is CCC1CCc2c(sc(NC(=O)CN3CCN(Cc4cccc(F)c4)CC3)c2C#N)C1. The van der Waals surface area contributed by atoms with Crippen molar-refractivity contribution in [1.82, 2.24) is 9.80 Å². The van der Waals surface area contributed by atoms with Crippen molar-refractivity contribution in [2.24, 2.45) is 5.92 Å². The van der Waals surface area contributed by atoms with Crippen LogP contribution in [0.5, 0.6) is 0 Å². The van der Waals surface area contributed by atoms with Gasteiger partial charge in [-0.25, -0.2) is 4.39 Å². The first-order valence-corrected chi connectivity index (χ1v) is 11.9. The van der Waals surface area contributed by atoms with Gasteiger partial charge in [0.25, 0.3) is 0 Å². The third kappa shape index (κ3) is 5.32. The molecule has 1 aromatic carbocycles. The maximum absolute atomic E-state index is 13.4. The Morgan fingerprint density at radius 1 is 1.29 bits per heavy atom. The lowest BCUT2D eigenvalue weighted by Crippen LogP contribution is -2.48. The molecule has 2 aromatic rings. The van der Waals surface area contributed by atoms with E-state index in [0.717, 1.165) is 74.5 Å². The smallest absolute Gasteiger partial charge is 0.239 e. The zero-order valence-electron chi connectivity index (χ0n) is 18.0. The van der Waals surface area contributed by atoms with Crippen molar-refractivity contribution in [2.45, 2.75) is 39.2 Å². The van der Waals surface area contributed by atoms with Gasteiger partial charge < -0.3 is 5.32 Å². The monoisotopic (exact) mass is 440 g/mol.